The van der Waals surface area contributed by atoms with Crippen LogP contribution in [0.15, 0.2) is 24.3 Å². The predicted molar refractivity (Wildman–Crippen MR) is 69.9 cm³/mol. The number of methoxy groups -OCH3 is 1. The van der Waals surface area contributed by atoms with Gasteiger partial charge in [0.1, 0.15) is 5.75 Å². The molecule has 19 heavy (non-hydrogen) atoms. The topological polar surface area (TPSA) is 64.6 Å². The van der Waals surface area contributed by atoms with Crippen LogP contribution in [0.3, 0.4) is 0 Å². The van der Waals surface area contributed by atoms with Gasteiger partial charge in [-0.25, -0.2) is 4.79 Å². The van der Waals surface area contributed by atoms with Gasteiger partial charge in [-0.2, -0.15) is 0 Å². The number of ether oxygens (including phenoxy) is 2. The highest BCUT2D eigenvalue weighted by Crippen LogP contribution is 2.35. The Hall–Kier alpha value is -2.04. The van der Waals surface area contributed by atoms with Crippen molar-refractivity contribution in [2.45, 2.75) is 25.9 Å². The van der Waals surface area contributed by atoms with Crippen LogP contribution in [0.2, 0.25) is 0 Å². The van der Waals surface area contributed by atoms with E-state index in [-0.39, 0.29) is 17.8 Å². The fourth-order valence-electron chi connectivity index (χ4n) is 1.82. The zero-order valence-corrected chi connectivity index (χ0v) is 11.0. The average molecular weight is 263 g/mol. The van der Waals surface area contributed by atoms with E-state index in [4.69, 9.17) is 9.47 Å². The molecule has 2 rings (SSSR count). The van der Waals surface area contributed by atoms with E-state index in [1.54, 1.807) is 24.3 Å². The van der Waals surface area contributed by atoms with E-state index in [9.17, 15) is 9.59 Å². The monoisotopic (exact) mass is 263 g/mol. The van der Waals surface area contributed by atoms with Gasteiger partial charge in [0.15, 0.2) is 6.10 Å². The zero-order valence-electron chi connectivity index (χ0n) is 11.0. The molecule has 1 aliphatic rings. The second kappa shape index (κ2) is 5.73. The lowest BCUT2D eigenvalue weighted by Gasteiger charge is -2.16. The average Bonchev–Trinajstić information content (AvgIpc) is 3.20. The van der Waals surface area contributed by atoms with E-state index in [1.165, 1.54) is 14.0 Å². The van der Waals surface area contributed by atoms with Gasteiger partial charge >= 0.3 is 5.97 Å². The number of carbonyl (C=O) groups is 2. The van der Waals surface area contributed by atoms with E-state index in [2.05, 4.69) is 5.32 Å². The third-order valence-electron chi connectivity index (χ3n) is 2.92. The van der Waals surface area contributed by atoms with Crippen molar-refractivity contribution in [1.29, 1.82) is 0 Å². The van der Waals surface area contributed by atoms with Crippen molar-refractivity contribution in [3.05, 3.63) is 24.3 Å². The molecule has 1 aliphatic carbocycles. The van der Waals surface area contributed by atoms with Crippen molar-refractivity contribution in [3.8, 4) is 5.75 Å². The van der Waals surface area contributed by atoms with E-state index in [1.807, 2.05) is 0 Å². The van der Waals surface area contributed by atoms with Crippen LogP contribution in [0.5, 0.6) is 5.75 Å². The highest BCUT2D eigenvalue weighted by atomic mass is 16.6. The molecule has 1 aromatic carbocycles. The Morgan fingerprint density at radius 2 is 1.89 bits per heavy atom. The van der Waals surface area contributed by atoms with Gasteiger partial charge in [-0.3, -0.25) is 4.79 Å². The molecular weight excluding hydrogens is 246 g/mol. The van der Waals surface area contributed by atoms with Gasteiger partial charge in [-0.15, -0.1) is 0 Å². The van der Waals surface area contributed by atoms with Gasteiger partial charge < -0.3 is 14.8 Å². The number of amides is 1. The van der Waals surface area contributed by atoms with Crippen molar-refractivity contribution >= 4 is 17.6 Å². The SMILES string of the molecule is COC(=O)C(Oc1ccc(NC(C)=O)cc1)C1CC1. The van der Waals surface area contributed by atoms with Crippen LogP contribution in [0, 0.1) is 5.92 Å². The minimum atomic E-state index is -0.531. The fourth-order valence-corrected chi connectivity index (χ4v) is 1.82. The molecule has 0 heterocycles. The van der Waals surface area contributed by atoms with Gasteiger partial charge in [0.25, 0.3) is 0 Å². The molecule has 5 nitrogen and oxygen atoms in total. The first-order valence-corrected chi connectivity index (χ1v) is 6.22. The lowest BCUT2D eigenvalue weighted by molar-refractivity contribution is -0.149. The molecule has 0 radical (unpaired) electrons. The Morgan fingerprint density at radius 3 is 2.37 bits per heavy atom. The summed E-state index contributed by atoms with van der Waals surface area (Å²) < 4.78 is 10.4. The molecule has 0 aromatic heterocycles. The Bertz CT molecular complexity index is 465. The summed E-state index contributed by atoms with van der Waals surface area (Å²) in [5.41, 5.74) is 0.695. The van der Waals surface area contributed by atoms with Gasteiger partial charge in [0, 0.05) is 18.5 Å². The van der Waals surface area contributed by atoms with Crippen molar-refractivity contribution < 1.29 is 19.1 Å². The van der Waals surface area contributed by atoms with Crippen LogP contribution in [-0.4, -0.2) is 25.1 Å². The first-order chi connectivity index (χ1) is 9.10. The molecule has 1 saturated carbocycles. The van der Waals surface area contributed by atoms with Crippen LogP contribution in [-0.2, 0) is 14.3 Å². The summed E-state index contributed by atoms with van der Waals surface area (Å²) in [4.78, 5) is 22.5. The van der Waals surface area contributed by atoms with E-state index in [0.717, 1.165) is 12.8 Å². The molecule has 1 unspecified atom stereocenters. The van der Waals surface area contributed by atoms with Crippen molar-refractivity contribution in [2.75, 3.05) is 12.4 Å². The quantitative estimate of drug-likeness (QED) is 0.825. The first kappa shape index (κ1) is 13.4. The maximum Gasteiger partial charge on any atom is 0.347 e. The van der Waals surface area contributed by atoms with Crippen LogP contribution in [0.4, 0.5) is 5.69 Å². The molecule has 0 bridgehead atoms. The molecule has 1 amide bonds. The number of nitrogens with one attached hydrogen (secondary N) is 1. The van der Waals surface area contributed by atoms with Crippen molar-refractivity contribution in [3.63, 3.8) is 0 Å². The maximum atomic E-state index is 11.6. The fraction of sp³-hybridized carbons (Fsp3) is 0.429. The summed E-state index contributed by atoms with van der Waals surface area (Å²) in [6, 6.07) is 6.92. The second-order valence-corrected chi connectivity index (χ2v) is 4.60. The Kier molecular flexibility index (Phi) is 4.04. The highest BCUT2D eigenvalue weighted by Gasteiger charge is 2.38. The van der Waals surface area contributed by atoms with Gasteiger partial charge in [0.05, 0.1) is 7.11 Å². The van der Waals surface area contributed by atoms with E-state index in [0.29, 0.717) is 11.4 Å². The molecular formula is C14H17NO4. The van der Waals surface area contributed by atoms with Crippen molar-refractivity contribution in [1.82, 2.24) is 0 Å². The summed E-state index contributed by atoms with van der Waals surface area (Å²) in [6.07, 6.45) is 1.45. The molecule has 1 N–H and O–H groups in total. The van der Waals surface area contributed by atoms with Crippen LogP contribution in [0.25, 0.3) is 0 Å². The van der Waals surface area contributed by atoms with Crippen LogP contribution in [0.1, 0.15) is 19.8 Å². The molecule has 102 valence electrons. The minimum Gasteiger partial charge on any atom is -0.478 e. The smallest absolute Gasteiger partial charge is 0.347 e. The molecule has 0 saturated heterocycles. The third-order valence-corrected chi connectivity index (χ3v) is 2.92. The van der Waals surface area contributed by atoms with Crippen molar-refractivity contribution in [2.24, 2.45) is 5.92 Å². The van der Waals surface area contributed by atoms with Gasteiger partial charge in [0.2, 0.25) is 5.91 Å². The lowest BCUT2D eigenvalue weighted by atomic mass is 10.2. The zero-order chi connectivity index (χ0) is 13.8. The third kappa shape index (κ3) is 3.71. The first-order valence-electron chi connectivity index (χ1n) is 6.22. The Labute approximate surface area is 111 Å². The molecule has 1 atom stereocenters. The Balaban J connectivity index is 2.01. The minimum absolute atomic E-state index is 0.126. The molecule has 5 heteroatoms. The highest BCUT2D eigenvalue weighted by molar-refractivity contribution is 5.88. The number of hydrogen-bond acceptors (Lipinski definition) is 4. The van der Waals surface area contributed by atoms with E-state index >= 15 is 0 Å². The summed E-state index contributed by atoms with van der Waals surface area (Å²) in [5.74, 6) is 0.381. The normalized spacial score (nSPS) is 15.5. The summed E-state index contributed by atoms with van der Waals surface area (Å²) in [5, 5.41) is 2.67. The number of hydrogen-bond donors (Lipinski definition) is 1. The largest absolute Gasteiger partial charge is 0.478 e. The molecule has 1 aromatic rings. The van der Waals surface area contributed by atoms with Crippen LogP contribution < -0.4 is 10.1 Å². The number of anilines is 1. The number of benzene rings is 1. The summed E-state index contributed by atoms with van der Waals surface area (Å²) >= 11 is 0. The second-order valence-electron chi connectivity index (χ2n) is 4.60. The molecule has 0 spiro atoms. The summed E-state index contributed by atoms with van der Waals surface area (Å²) in [7, 11) is 1.36. The Morgan fingerprint density at radius 1 is 1.26 bits per heavy atom. The standard InChI is InChI=1S/C14H17NO4/c1-9(16)15-11-5-7-12(8-6-11)19-13(10-3-4-10)14(17)18-2/h5-8,10,13H,3-4H2,1-2H3,(H,15,16). The van der Waals surface area contributed by atoms with Crippen LogP contribution >= 0.6 is 0 Å². The number of carbonyl (C=O) groups excluding carboxylic acids is 2. The number of rotatable bonds is 5. The molecule has 1 fully saturated rings. The molecule has 0 aliphatic heterocycles. The lowest BCUT2D eigenvalue weighted by Crippen LogP contribution is -2.30. The predicted octanol–water partition coefficient (Wildman–Crippen LogP) is 1.98. The van der Waals surface area contributed by atoms with E-state index < -0.39 is 6.10 Å². The number of esters is 1. The van der Waals surface area contributed by atoms with Gasteiger partial charge in [-0.1, -0.05) is 0 Å². The summed E-state index contributed by atoms with van der Waals surface area (Å²) in [6.45, 7) is 1.45. The van der Waals surface area contributed by atoms with Gasteiger partial charge in [-0.05, 0) is 37.1 Å². The maximum absolute atomic E-state index is 11.6.